The van der Waals surface area contributed by atoms with Gasteiger partial charge >= 0.3 is 0 Å². The Morgan fingerprint density at radius 1 is 1.43 bits per heavy atom. The van der Waals surface area contributed by atoms with Crippen molar-refractivity contribution in [1.82, 2.24) is 15.2 Å². The van der Waals surface area contributed by atoms with E-state index in [0.717, 1.165) is 45.0 Å². The molecule has 0 aliphatic carbocycles. The first-order valence-electron chi connectivity index (χ1n) is 7.33. The van der Waals surface area contributed by atoms with Gasteiger partial charge in [-0.3, -0.25) is 9.69 Å². The van der Waals surface area contributed by atoms with E-state index in [9.17, 15) is 4.79 Å². The summed E-state index contributed by atoms with van der Waals surface area (Å²) in [5, 5.41) is 12.0. The van der Waals surface area contributed by atoms with Gasteiger partial charge in [-0.05, 0) is 18.6 Å². The zero-order valence-electron chi connectivity index (χ0n) is 12.4. The number of nitrogens with one attached hydrogen (secondary N) is 1. The Balaban J connectivity index is 1.86. The van der Waals surface area contributed by atoms with Crippen LogP contribution in [0.3, 0.4) is 0 Å². The Kier molecular flexibility index (Phi) is 5.52. The van der Waals surface area contributed by atoms with Gasteiger partial charge in [0.05, 0.1) is 12.1 Å². The summed E-state index contributed by atoms with van der Waals surface area (Å²) in [6, 6.07) is 5.74. The molecule has 0 saturated carbocycles. The van der Waals surface area contributed by atoms with Crippen molar-refractivity contribution in [3.8, 4) is 6.07 Å². The Morgan fingerprint density at radius 2 is 2.19 bits per heavy atom. The molecule has 0 spiro atoms. The predicted octanol–water partition coefficient (Wildman–Crippen LogP) is 0.601. The third-order valence-corrected chi connectivity index (χ3v) is 3.52. The first-order valence-corrected chi connectivity index (χ1v) is 7.33. The van der Waals surface area contributed by atoms with E-state index < -0.39 is 0 Å². The quantitative estimate of drug-likeness (QED) is 0.858. The topological polar surface area (TPSA) is 72.3 Å². The number of aromatic nitrogens is 1. The van der Waals surface area contributed by atoms with Crippen molar-refractivity contribution in [1.29, 1.82) is 5.26 Å². The van der Waals surface area contributed by atoms with E-state index in [1.807, 2.05) is 6.92 Å². The molecule has 0 radical (unpaired) electrons. The van der Waals surface area contributed by atoms with E-state index in [1.54, 1.807) is 18.3 Å². The number of amides is 1. The van der Waals surface area contributed by atoms with Gasteiger partial charge in [-0.25, -0.2) is 4.98 Å². The largest absolute Gasteiger partial charge is 0.355 e. The monoisotopic (exact) mass is 287 g/mol. The number of nitriles is 1. The van der Waals surface area contributed by atoms with Gasteiger partial charge in [0.2, 0.25) is 5.91 Å². The van der Waals surface area contributed by atoms with Crippen LogP contribution in [0, 0.1) is 11.3 Å². The van der Waals surface area contributed by atoms with Crippen LogP contribution < -0.4 is 10.2 Å². The molecule has 1 fully saturated rings. The number of rotatable bonds is 5. The van der Waals surface area contributed by atoms with E-state index in [0.29, 0.717) is 12.1 Å². The number of hydrogen-bond acceptors (Lipinski definition) is 5. The summed E-state index contributed by atoms with van der Waals surface area (Å²) < 4.78 is 0. The highest BCUT2D eigenvalue weighted by molar-refractivity contribution is 5.78. The molecule has 0 aromatic carbocycles. The van der Waals surface area contributed by atoms with E-state index in [2.05, 4.69) is 26.2 Å². The SMILES string of the molecule is CCCNC(=O)CN1CCN(c2ncccc2C#N)CC1. The molecular formula is C15H21N5O. The van der Waals surface area contributed by atoms with Gasteiger partial charge in [-0.2, -0.15) is 5.26 Å². The summed E-state index contributed by atoms with van der Waals surface area (Å²) in [6.07, 6.45) is 2.66. The lowest BCUT2D eigenvalue weighted by Crippen LogP contribution is -2.50. The molecule has 1 N–H and O–H groups in total. The fourth-order valence-electron chi connectivity index (χ4n) is 2.38. The molecule has 2 heterocycles. The van der Waals surface area contributed by atoms with Crippen LogP contribution in [0.25, 0.3) is 0 Å². The van der Waals surface area contributed by atoms with Crippen molar-refractivity contribution in [3.05, 3.63) is 23.9 Å². The zero-order chi connectivity index (χ0) is 15.1. The molecule has 0 bridgehead atoms. The summed E-state index contributed by atoms with van der Waals surface area (Å²) in [5.41, 5.74) is 0.603. The molecule has 1 aliphatic heterocycles. The maximum absolute atomic E-state index is 11.7. The molecule has 0 unspecified atom stereocenters. The molecule has 6 heteroatoms. The van der Waals surface area contributed by atoms with Gasteiger partial charge in [0, 0.05) is 38.9 Å². The lowest BCUT2D eigenvalue weighted by atomic mass is 10.2. The molecule has 6 nitrogen and oxygen atoms in total. The van der Waals surface area contributed by atoms with Crippen LogP contribution in [0.2, 0.25) is 0 Å². The van der Waals surface area contributed by atoms with Crippen molar-refractivity contribution in [2.45, 2.75) is 13.3 Å². The van der Waals surface area contributed by atoms with Crippen molar-refractivity contribution in [3.63, 3.8) is 0 Å². The molecule has 1 aliphatic rings. The second kappa shape index (κ2) is 7.60. The molecule has 2 rings (SSSR count). The molecule has 21 heavy (non-hydrogen) atoms. The van der Waals surface area contributed by atoms with Gasteiger partial charge in [0.25, 0.3) is 0 Å². The zero-order valence-corrected chi connectivity index (χ0v) is 12.4. The minimum atomic E-state index is 0.0841. The first kappa shape index (κ1) is 15.3. The van der Waals surface area contributed by atoms with E-state index in [4.69, 9.17) is 5.26 Å². The van der Waals surface area contributed by atoms with Crippen molar-refractivity contribution in [2.75, 3.05) is 44.2 Å². The number of pyridine rings is 1. The molecule has 1 aromatic rings. The highest BCUT2D eigenvalue weighted by atomic mass is 16.2. The normalized spacial score (nSPS) is 15.5. The van der Waals surface area contributed by atoms with Gasteiger partial charge < -0.3 is 10.2 Å². The van der Waals surface area contributed by atoms with Crippen LogP contribution in [-0.2, 0) is 4.79 Å². The summed E-state index contributed by atoms with van der Waals surface area (Å²) in [5.74, 6) is 0.830. The van der Waals surface area contributed by atoms with E-state index in [1.165, 1.54) is 0 Å². The maximum Gasteiger partial charge on any atom is 0.234 e. The number of nitrogens with zero attached hydrogens (tertiary/aromatic N) is 4. The summed E-state index contributed by atoms with van der Waals surface area (Å²) in [7, 11) is 0. The Morgan fingerprint density at radius 3 is 2.86 bits per heavy atom. The van der Waals surface area contributed by atoms with E-state index in [-0.39, 0.29) is 5.91 Å². The van der Waals surface area contributed by atoms with Crippen LogP contribution in [0.5, 0.6) is 0 Å². The average molecular weight is 287 g/mol. The smallest absolute Gasteiger partial charge is 0.234 e. The summed E-state index contributed by atoms with van der Waals surface area (Å²) in [6.45, 7) is 6.40. The third-order valence-electron chi connectivity index (χ3n) is 3.52. The van der Waals surface area contributed by atoms with Crippen LogP contribution in [0.15, 0.2) is 18.3 Å². The van der Waals surface area contributed by atoms with Crippen LogP contribution in [0.4, 0.5) is 5.82 Å². The van der Waals surface area contributed by atoms with Crippen molar-refractivity contribution in [2.24, 2.45) is 0 Å². The van der Waals surface area contributed by atoms with Gasteiger partial charge in [-0.1, -0.05) is 6.92 Å². The van der Waals surface area contributed by atoms with E-state index >= 15 is 0 Å². The number of hydrogen-bond donors (Lipinski definition) is 1. The molecular weight excluding hydrogens is 266 g/mol. The molecule has 1 amide bonds. The Bertz CT molecular complexity index is 517. The number of piperazine rings is 1. The van der Waals surface area contributed by atoms with Crippen molar-refractivity contribution >= 4 is 11.7 Å². The fourth-order valence-corrected chi connectivity index (χ4v) is 2.38. The standard InChI is InChI=1S/C15H21N5O/c1-2-5-17-14(21)12-19-7-9-20(10-8-19)15-13(11-16)4-3-6-18-15/h3-4,6H,2,5,7-10,12H2,1H3,(H,17,21). The average Bonchev–Trinajstić information content (AvgIpc) is 2.53. The Labute approximate surface area is 125 Å². The summed E-state index contributed by atoms with van der Waals surface area (Å²) in [4.78, 5) is 20.3. The highest BCUT2D eigenvalue weighted by Crippen LogP contribution is 2.17. The second-order valence-corrected chi connectivity index (χ2v) is 5.10. The molecule has 1 aromatic heterocycles. The maximum atomic E-state index is 11.7. The van der Waals surface area contributed by atoms with Gasteiger partial charge in [-0.15, -0.1) is 0 Å². The first-order chi connectivity index (χ1) is 10.2. The van der Waals surface area contributed by atoms with Crippen LogP contribution in [-0.4, -0.2) is 55.1 Å². The lowest BCUT2D eigenvalue weighted by molar-refractivity contribution is -0.122. The molecule has 1 saturated heterocycles. The van der Waals surface area contributed by atoms with Crippen LogP contribution >= 0.6 is 0 Å². The van der Waals surface area contributed by atoms with Crippen LogP contribution in [0.1, 0.15) is 18.9 Å². The third kappa shape index (κ3) is 4.17. The summed E-state index contributed by atoms with van der Waals surface area (Å²) >= 11 is 0. The number of carbonyl (C=O) groups excluding carboxylic acids is 1. The molecule has 112 valence electrons. The lowest BCUT2D eigenvalue weighted by Gasteiger charge is -2.35. The predicted molar refractivity (Wildman–Crippen MR) is 80.9 cm³/mol. The van der Waals surface area contributed by atoms with Crippen molar-refractivity contribution < 1.29 is 4.79 Å². The highest BCUT2D eigenvalue weighted by Gasteiger charge is 2.21. The van der Waals surface area contributed by atoms with Gasteiger partial charge in [0.1, 0.15) is 11.9 Å². The molecule has 0 atom stereocenters. The fraction of sp³-hybridized carbons (Fsp3) is 0.533. The minimum absolute atomic E-state index is 0.0841. The second-order valence-electron chi connectivity index (χ2n) is 5.10. The van der Waals surface area contributed by atoms with Gasteiger partial charge in [0.15, 0.2) is 0 Å². The Hall–Kier alpha value is -2.13. The minimum Gasteiger partial charge on any atom is -0.355 e. The number of anilines is 1. The number of carbonyl (C=O) groups is 1.